The van der Waals surface area contributed by atoms with Gasteiger partial charge in [0, 0.05) is 11.0 Å². The van der Waals surface area contributed by atoms with E-state index in [1.165, 1.54) is 11.8 Å². The third-order valence-electron chi connectivity index (χ3n) is 3.80. The quantitative estimate of drug-likeness (QED) is 0.535. The lowest BCUT2D eigenvalue weighted by Crippen LogP contribution is -2.21. The van der Waals surface area contributed by atoms with Gasteiger partial charge in [0.05, 0.1) is 11.1 Å². The van der Waals surface area contributed by atoms with Crippen LogP contribution in [-0.4, -0.2) is 24.7 Å². The molecule has 0 bridgehead atoms. The average Bonchev–Trinajstić information content (AvgIpc) is 2.67. The van der Waals surface area contributed by atoms with Crippen LogP contribution in [-0.2, 0) is 9.53 Å². The first kappa shape index (κ1) is 18.7. The molecule has 6 nitrogen and oxygen atoms in total. The van der Waals surface area contributed by atoms with Crippen LogP contribution in [0.15, 0.2) is 62.6 Å². The number of amides is 1. The first-order valence-electron chi connectivity index (χ1n) is 8.12. The molecule has 1 amide bonds. The minimum Gasteiger partial charge on any atom is -0.450 e. The van der Waals surface area contributed by atoms with Gasteiger partial charge in [-0.05, 0) is 37.4 Å². The van der Waals surface area contributed by atoms with Crippen molar-refractivity contribution >= 4 is 40.3 Å². The molecule has 0 atom stereocenters. The summed E-state index contributed by atoms with van der Waals surface area (Å²) in [4.78, 5) is 37.2. The fourth-order valence-electron chi connectivity index (χ4n) is 2.51. The molecule has 138 valence electrons. The van der Waals surface area contributed by atoms with Crippen LogP contribution in [0.25, 0.3) is 11.0 Å². The maximum atomic E-state index is 12.2. The van der Waals surface area contributed by atoms with Crippen molar-refractivity contribution in [1.82, 2.24) is 0 Å². The number of esters is 1. The Morgan fingerprint density at radius 1 is 1.15 bits per heavy atom. The van der Waals surface area contributed by atoms with E-state index in [0.717, 1.165) is 16.5 Å². The summed E-state index contributed by atoms with van der Waals surface area (Å²) in [5.74, 6) is -1.60. The molecule has 0 saturated carbocycles. The van der Waals surface area contributed by atoms with Crippen LogP contribution in [0.5, 0.6) is 0 Å². The number of fused-ring (bicyclic) bond motifs is 1. The Labute approximate surface area is 159 Å². The molecular weight excluding hydrogens is 366 g/mol. The normalized spacial score (nSPS) is 10.6. The van der Waals surface area contributed by atoms with E-state index in [-0.39, 0.29) is 11.2 Å². The number of anilines is 1. The van der Waals surface area contributed by atoms with Gasteiger partial charge in [0.2, 0.25) is 5.76 Å². The molecule has 0 fully saturated rings. The van der Waals surface area contributed by atoms with E-state index in [2.05, 4.69) is 5.32 Å². The molecule has 3 rings (SSSR count). The summed E-state index contributed by atoms with van der Waals surface area (Å²) < 4.78 is 10.4. The number of carbonyl (C=O) groups is 2. The van der Waals surface area contributed by atoms with Gasteiger partial charge >= 0.3 is 5.97 Å². The highest BCUT2D eigenvalue weighted by molar-refractivity contribution is 7.98. The maximum absolute atomic E-state index is 12.2. The highest BCUT2D eigenvalue weighted by atomic mass is 32.2. The van der Waals surface area contributed by atoms with E-state index >= 15 is 0 Å². The van der Waals surface area contributed by atoms with Gasteiger partial charge in [-0.25, -0.2) is 4.79 Å². The van der Waals surface area contributed by atoms with Crippen LogP contribution in [0.4, 0.5) is 5.69 Å². The molecule has 1 aromatic heterocycles. The number of carbonyl (C=O) groups excluding carboxylic acids is 2. The van der Waals surface area contributed by atoms with Crippen molar-refractivity contribution in [3.63, 3.8) is 0 Å². The molecule has 0 aliphatic heterocycles. The molecule has 3 aromatic rings. The van der Waals surface area contributed by atoms with Crippen molar-refractivity contribution in [2.75, 3.05) is 18.2 Å². The van der Waals surface area contributed by atoms with Gasteiger partial charge in [0.1, 0.15) is 5.58 Å². The Morgan fingerprint density at radius 3 is 2.70 bits per heavy atom. The van der Waals surface area contributed by atoms with Crippen molar-refractivity contribution in [2.45, 2.75) is 11.8 Å². The van der Waals surface area contributed by atoms with Gasteiger partial charge in [-0.3, -0.25) is 9.59 Å². The number of hydrogen-bond acceptors (Lipinski definition) is 6. The molecule has 1 N–H and O–H groups in total. The van der Waals surface area contributed by atoms with Crippen LogP contribution >= 0.6 is 11.8 Å². The molecule has 27 heavy (non-hydrogen) atoms. The van der Waals surface area contributed by atoms with Crippen LogP contribution in [0.1, 0.15) is 16.1 Å². The standard InChI is InChI=1S/C20H17NO5S/c1-12-7-8-16-13(9-12)15(22)10-17(26-16)20(24)25-11-19(23)21-14-5-3-4-6-18(14)27-2/h3-10H,11H2,1-2H3,(H,21,23). The first-order chi connectivity index (χ1) is 13.0. The van der Waals surface area contributed by atoms with Gasteiger partial charge in [-0.15, -0.1) is 11.8 Å². The molecule has 1 heterocycles. The van der Waals surface area contributed by atoms with E-state index < -0.39 is 18.5 Å². The minimum atomic E-state index is -0.872. The number of ether oxygens (including phenoxy) is 1. The van der Waals surface area contributed by atoms with Crippen molar-refractivity contribution in [3.05, 3.63) is 70.1 Å². The van der Waals surface area contributed by atoms with Crippen LogP contribution in [0.2, 0.25) is 0 Å². The Bertz CT molecular complexity index is 1070. The topological polar surface area (TPSA) is 85.6 Å². The van der Waals surface area contributed by atoms with Crippen molar-refractivity contribution in [2.24, 2.45) is 0 Å². The van der Waals surface area contributed by atoms with Gasteiger partial charge in [0.15, 0.2) is 12.0 Å². The van der Waals surface area contributed by atoms with E-state index in [1.54, 1.807) is 30.3 Å². The molecular formula is C20H17NO5S. The zero-order valence-electron chi connectivity index (χ0n) is 14.8. The number of thioether (sulfide) groups is 1. The number of benzene rings is 2. The monoisotopic (exact) mass is 383 g/mol. The molecule has 0 radical (unpaired) electrons. The lowest BCUT2D eigenvalue weighted by atomic mass is 10.1. The molecule has 0 spiro atoms. The second-order valence-electron chi connectivity index (χ2n) is 5.80. The third-order valence-corrected chi connectivity index (χ3v) is 4.60. The smallest absolute Gasteiger partial charge is 0.374 e. The van der Waals surface area contributed by atoms with Crippen LogP contribution in [0.3, 0.4) is 0 Å². The van der Waals surface area contributed by atoms with Gasteiger partial charge in [-0.1, -0.05) is 23.8 Å². The SMILES string of the molecule is CSc1ccccc1NC(=O)COC(=O)c1cc(=O)c2cc(C)ccc2o1. The van der Waals surface area contributed by atoms with Gasteiger partial charge in [-0.2, -0.15) is 0 Å². The highest BCUT2D eigenvalue weighted by Gasteiger charge is 2.16. The third kappa shape index (κ3) is 4.38. The highest BCUT2D eigenvalue weighted by Crippen LogP contribution is 2.24. The second-order valence-corrected chi connectivity index (χ2v) is 6.65. The lowest BCUT2D eigenvalue weighted by Gasteiger charge is -2.09. The van der Waals surface area contributed by atoms with E-state index in [9.17, 15) is 14.4 Å². The Kier molecular flexibility index (Phi) is 5.61. The van der Waals surface area contributed by atoms with Crippen molar-refractivity contribution in [3.8, 4) is 0 Å². The minimum absolute atomic E-state index is 0.242. The number of para-hydroxylation sites is 1. The molecule has 0 aliphatic rings. The second kappa shape index (κ2) is 8.09. The van der Waals surface area contributed by atoms with Crippen molar-refractivity contribution in [1.29, 1.82) is 0 Å². The predicted molar refractivity (Wildman–Crippen MR) is 104 cm³/mol. The van der Waals surface area contributed by atoms with E-state index in [4.69, 9.17) is 9.15 Å². The predicted octanol–water partition coefficient (Wildman–Crippen LogP) is 3.62. The number of hydrogen-bond donors (Lipinski definition) is 1. The maximum Gasteiger partial charge on any atom is 0.374 e. The number of rotatable bonds is 5. The molecule has 2 aromatic carbocycles. The van der Waals surface area contributed by atoms with Crippen LogP contribution < -0.4 is 10.7 Å². The zero-order chi connectivity index (χ0) is 19.4. The molecule has 7 heteroatoms. The number of nitrogens with one attached hydrogen (secondary N) is 1. The largest absolute Gasteiger partial charge is 0.450 e. The van der Waals surface area contributed by atoms with E-state index in [0.29, 0.717) is 16.7 Å². The molecule has 0 unspecified atom stereocenters. The average molecular weight is 383 g/mol. The fourth-order valence-corrected chi connectivity index (χ4v) is 3.06. The Balaban J connectivity index is 1.69. The molecule has 0 aliphatic carbocycles. The summed E-state index contributed by atoms with van der Waals surface area (Å²) in [6.45, 7) is 1.37. The summed E-state index contributed by atoms with van der Waals surface area (Å²) in [5, 5.41) is 3.07. The zero-order valence-corrected chi connectivity index (χ0v) is 15.6. The fraction of sp³-hybridized carbons (Fsp3) is 0.150. The Hall–Kier alpha value is -3.06. The summed E-state index contributed by atoms with van der Waals surface area (Å²) in [7, 11) is 0. The number of aryl methyl sites for hydroxylation is 1. The first-order valence-corrected chi connectivity index (χ1v) is 9.35. The summed E-state index contributed by atoms with van der Waals surface area (Å²) >= 11 is 1.49. The van der Waals surface area contributed by atoms with Crippen molar-refractivity contribution < 1.29 is 18.7 Å². The summed E-state index contributed by atoms with van der Waals surface area (Å²) in [6, 6.07) is 13.5. The van der Waals surface area contributed by atoms with Gasteiger partial charge < -0.3 is 14.5 Å². The lowest BCUT2D eigenvalue weighted by molar-refractivity contribution is -0.119. The Morgan fingerprint density at radius 2 is 1.93 bits per heavy atom. The van der Waals surface area contributed by atoms with Crippen LogP contribution in [0, 0.1) is 6.92 Å². The summed E-state index contributed by atoms with van der Waals surface area (Å²) in [5.41, 5.74) is 1.50. The van der Waals surface area contributed by atoms with Gasteiger partial charge in [0.25, 0.3) is 5.91 Å². The van der Waals surface area contributed by atoms with E-state index in [1.807, 2.05) is 25.3 Å². The molecule has 0 saturated heterocycles. The summed E-state index contributed by atoms with van der Waals surface area (Å²) in [6.07, 6.45) is 1.90.